The normalized spacial score (nSPS) is 18.5. The first-order valence-electron chi connectivity index (χ1n) is 10.2. The molecule has 1 saturated heterocycles. The molecule has 3 heteroatoms. The number of carbonyl (C=O) groups is 1. The lowest BCUT2D eigenvalue weighted by Crippen LogP contribution is -2.45. The van der Waals surface area contributed by atoms with Gasteiger partial charge >= 0.3 is 0 Å². The van der Waals surface area contributed by atoms with E-state index in [1.165, 1.54) is 36.1 Å². The Morgan fingerprint density at radius 2 is 1.74 bits per heavy atom. The lowest BCUT2D eigenvalue weighted by Gasteiger charge is -2.41. The Labute approximate surface area is 162 Å². The standard InChI is InChI=1S/C24H29NO2/c1-17(14-18(2)26)19-6-8-20(9-7-19)21-15-25(16-21)22-10-12-24(13-11-22)27-23-4-3-5-23/h6-13,17,21,23H,3-5,14-16H2,1-2H3/t17-/m1/s1. The average Bonchev–Trinajstić information content (AvgIpc) is 2.58. The van der Waals surface area contributed by atoms with Gasteiger partial charge in [0.2, 0.25) is 0 Å². The van der Waals surface area contributed by atoms with Crippen LogP contribution in [0.1, 0.15) is 62.5 Å². The van der Waals surface area contributed by atoms with Crippen LogP contribution in [0.25, 0.3) is 0 Å². The molecule has 3 nitrogen and oxygen atoms in total. The van der Waals surface area contributed by atoms with Gasteiger partial charge < -0.3 is 14.4 Å². The number of benzene rings is 2. The Balaban J connectivity index is 1.30. The maximum absolute atomic E-state index is 11.3. The van der Waals surface area contributed by atoms with E-state index in [-0.39, 0.29) is 5.78 Å². The first-order chi connectivity index (χ1) is 13.1. The smallest absolute Gasteiger partial charge is 0.130 e. The van der Waals surface area contributed by atoms with Gasteiger partial charge in [-0.25, -0.2) is 0 Å². The largest absolute Gasteiger partial charge is 0.490 e. The van der Waals surface area contributed by atoms with Crippen molar-refractivity contribution in [3.8, 4) is 5.75 Å². The molecule has 0 amide bonds. The van der Waals surface area contributed by atoms with E-state index in [2.05, 4.69) is 60.4 Å². The maximum Gasteiger partial charge on any atom is 0.130 e. The number of rotatable bonds is 7. The number of hydrogen-bond acceptors (Lipinski definition) is 3. The van der Waals surface area contributed by atoms with Gasteiger partial charge in [-0.2, -0.15) is 0 Å². The van der Waals surface area contributed by atoms with Crippen molar-refractivity contribution in [2.75, 3.05) is 18.0 Å². The van der Waals surface area contributed by atoms with Crippen LogP contribution in [0.5, 0.6) is 5.75 Å². The molecule has 142 valence electrons. The lowest BCUT2D eigenvalue weighted by molar-refractivity contribution is -0.117. The van der Waals surface area contributed by atoms with Crippen molar-refractivity contribution < 1.29 is 9.53 Å². The van der Waals surface area contributed by atoms with Gasteiger partial charge in [-0.3, -0.25) is 0 Å². The number of nitrogens with zero attached hydrogens (tertiary/aromatic N) is 1. The highest BCUT2D eigenvalue weighted by atomic mass is 16.5. The van der Waals surface area contributed by atoms with E-state index in [9.17, 15) is 4.79 Å². The zero-order chi connectivity index (χ0) is 18.8. The number of hydrogen-bond donors (Lipinski definition) is 0. The predicted molar refractivity (Wildman–Crippen MR) is 110 cm³/mol. The fraction of sp³-hybridized carbons (Fsp3) is 0.458. The molecule has 0 N–H and O–H groups in total. The van der Waals surface area contributed by atoms with Crippen LogP contribution < -0.4 is 9.64 Å². The van der Waals surface area contributed by atoms with E-state index in [4.69, 9.17) is 4.74 Å². The summed E-state index contributed by atoms with van der Waals surface area (Å²) in [4.78, 5) is 13.7. The molecule has 2 fully saturated rings. The molecule has 0 bridgehead atoms. The summed E-state index contributed by atoms with van der Waals surface area (Å²) in [6.45, 7) is 5.91. The van der Waals surface area contributed by atoms with Gasteiger partial charge in [0.05, 0.1) is 6.10 Å². The molecule has 1 aliphatic heterocycles. The molecule has 27 heavy (non-hydrogen) atoms. The second-order valence-electron chi connectivity index (χ2n) is 8.24. The lowest BCUT2D eigenvalue weighted by atomic mass is 9.88. The van der Waals surface area contributed by atoms with Crippen LogP contribution in [0.4, 0.5) is 5.69 Å². The van der Waals surface area contributed by atoms with Crippen molar-refractivity contribution in [1.82, 2.24) is 0 Å². The van der Waals surface area contributed by atoms with E-state index < -0.39 is 0 Å². The van der Waals surface area contributed by atoms with Crippen LogP contribution >= 0.6 is 0 Å². The highest BCUT2D eigenvalue weighted by Gasteiger charge is 2.28. The van der Waals surface area contributed by atoms with E-state index in [1.807, 2.05) is 0 Å². The van der Waals surface area contributed by atoms with Gasteiger partial charge in [0.15, 0.2) is 0 Å². The zero-order valence-corrected chi connectivity index (χ0v) is 16.4. The predicted octanol–water partition coefficient (Wildman–Crippen LogP) is 5.30. The van der Waals surface area contributed by atoms with Gasteiger partial charge in [-0.1, -0.05) is 31.2 Å². The quantitative estimate of drug-likeness (QED) is 0.668. The Hall–Kier alpha value is -2.29. The van der Waals surface area contributed by atoms with Crippen LogP contribution in [0.3, 0.4) is 0 Å². The molecule has 0 aromatic heterocycles. The second-order valence-corrected chi connectivity index (χ2v) is 8.24. The van der Waals surface area contributed by atoms with Gasteiger partial charge in [0, 0.05) is 31.1 Å². The number of anilines is 1. The molecule has 4 rings (SSSR count). The molecule has 1 saturated carbocycles. The highest BCUT2D eigenvalue weighted by Crippen LogP contribution is 2.34. The molecule has 1 atom stereocenters. The molecular formula is C24H29NO2. The first-order valence-corrected chi connectivity index (χ1v) is 10.2. The minimum absolute atomic E-state index is 0.255. The highest BCUT2D eigenvalue weighted by molar-refractivity contribution is 5.76. The summed E-state index contributed by atoms with van der Waals surface area (Å²) in [5.41, 5.74) is 3.93. The summed E-state index contributed by atoms with van der Waals surface area (Å²) >= 11 is 0. The van der Waals surface area contributed by atoms with Crippen LogP contribution in [0.2, 0.25) is 0 Å². The van der Waals surface area contributed by atoms with Gasteiger partial charge in [-0.15, -0.1) is 0 Å². The van der Waals surface area contributed by atoms with E-state index in [1.54, 1.807) is 6.92 Å². The SMILES string of the molecule is CC(=O)C[C@@H](C)c1ccc(C2CN(c3ccc(OC4CCC4)cc3)C2)cc1. The summed E-state index contributed by atoms with van der Waals surface area (Å²) in [5.74, 6) is 2.14. The van der Waals surface area contributed by atoms with E-state index >= 15 is 0 Å². The summed E-state index contributed by atoms with van der Waals surface area (Å²) in [6, 6.07) is 17.4. The fourth-order valence-electron chi connectivity index (χ4n) is 3.96. The molecule has 2 aliphatic rings. The van der Waals surface area contributed by atoms with Crippen molar-refractivity contribution in [2.45, 2.75) is 57.5 Å². The maximum atomic E-state index is 11.3. The topological polar surface area (TPSA) is 29.5 Å². The number of carbonyl (C=O) groups excluding carboxylic acids is 1. The number of Topliss-reactive ketones (excluding diaryl/α,β-unsaturated/α-hetero) is 1. The molecule has 0 spiro atoms. The molecule has 1 heterocycles. The zero-order valence-electron chi connectivity index (χ0n) is 16.4. The third-order valence-corrected chi connectivity index (χ3v) is 6.01. The second kappa shape index (κ2) is 7.75. The summed E-state index contributed by atoms with van der Waals surface area (Å²) in [5, 5.41) is 0. The Kier molecular flexibility index (Phi) is 5.20. The summed E-state index contributed by atoms with van der Waals surface area (Å²) in [7, 11) is 0. The third-order valence-electron chi connectivity index (χ3n) is 6.01. The van der Waals surface area contributed by atoms with Crippen molar-refractivity contribution >= 4 is 11.5 Å². The molecule has 2 aromatic rings. The average molecular weight is 364 g/mol. The minimum Gasteiger partial charge on any atom is -0.490 e. The fourth-order valence-corrected chi connectivity index (χ4v) is 3.96. The Bertz CT molecular complexity index is 771. The molecule has 1 aliphatic carbocycles. The van der Waals surface area contributed by atoms with Gasteiger partial charge in [0.25, 0.3) is 0 Å². The summed E-state index contributed by atoms with van der Waals surface area (Å²) in [6.07, 6.45) is 4.75. The van der Waals surface area contributed by atoms with Crippen molar-refractivity contribution in [1.29, 1.82) is 0 Å². The van der Waals surface area contributed by atoms with Crippen molar-refractivity contribution in [3.05, 3.63) is 59.7 Å². The third kappa shape index (κ3) is 4.18. The number of ketones is 1. The van der Waals surface area contributed by atoms with Crippen LogP contribution in [-0.2, 0) is 4.79 Å². The molecule has 2 aromatic carbocycles. The number of ether oxygens (including phenoxy) is 1. The Morgan fingerprint density at radius 3 is 2.30 bits per heavy atom. The van der Waals surface area contributed by atoms with E-state index in [0.29, 0.717) is 24.4 Å². The van der Waals surface area contributed by atoms with Gasteiger partial charge in [0.1, 0.15) is 11.5 Å². The van der Waals surface area contributed by atoms with Crippen LogP contribution in [0.15, 0.2) is 48.5 Å². The van der Waals surface area contributed by atoms with Crippen molar-refractivity contribution in [2.24, 2.45) is 0 Å². The summed E-state index contributed by atoms with van der Waals surface area (Å²) < 4.78 is 5.94. The molecule has 0 radical (unpaired) electrons. The Morgan fingerprint density at radius 1 is 1.07 bits per heavy atom. The molecule has 0 unspecified atom stereocenters. The van der Waals surface area contributed by atoms with Crippen molar-refractivity contribution in [3.63, 3.8) is 0 Å². The minimum atomic E-state index is 0.255. The first kappa shape index (κ1) is 18.1. The van der Waals surface area contributed by atoms with E-state index in [0.717, 1.165) is 18.8 Å². The van der Waals surface area contributed by atoms with Gasteiger partial charge in [-0.05, 0) is 67.5 Å². The monoisotopic (exact) mass is 363 g/mol. The molecular weight excluding hydrogens is 334 g/mol. The van der Waals surface area contributed by atoms with Crippen LogP contribution in [-0.4, -0.2) is 25.0 Å². The van der Waals surface area contributed by atoms with Crippen LogP contribution in [0, 0.1) is 0 Å².